The average molecular weight is 1330 g/mol. The Morgan fingerprint density at radius 1 is 0.287 bits per heavy atom. The van der Waals surface area contributed by atoms with Crippen molar-refractivity contribution in [2.75, 3.05) is 103 Å². The molecule has 512 valence electrons. The number of hydrogen-bond acceptors (Lipinski definition) is 37. The molecule has 6 aliphatic heterocycles. The first kappa shape index (κ1) is 75.7. The van der Waals surface area contributed by atoms with Crippen molar-refractivity contribution in [3.05, 3.63) is 0 Å². The zero-order valence-corrected chi connectivity index (χ0v) is 49.7. The lowest BCUT2D eigenvalue weighted by molar-refractivity contribution is -0.338. The van der Waals surface area contributed by atoms with Crippen LogP contribution in [-0.2, 0) is 56.8 Å². The van der Waals surface area contributed by atoms with E-state index in [1.165, 1.54) is 0 Å². The number of aliphatic hydroxyl groups is 22. The van der Waals surface area contributed by atoms with E-state index in [4.69, 9.17) is 56.8 Å². The fourth-order valence-electron chi connectivity index (χ4n) is 10.3. The second-order valence-corrected chi connectivity index (χ2v) is 25.6. The summed E-state index contributed by atoms with van der Waals surface area (Å²) >= 11 is 3.21. The van der Waals surface area contributed by atoms with Gasteiger partial charge in [0.1, 0.15) is 163 Å². The summed E-state index contributed by atoms with van der Waals surface area (Å²) in [5, 5.41) is 228. The smallest absolute Gasteiger partial charge is 0.187 e. The van der Waals surface area contributed by atoms with Crippen LogP contribution in [0.15, 0.2) is 0 Å². The van der Waals surface area contributed by atoms with Crippen molar-refractivity contribution in [3.8, 4) is 0 Å². The summed E-state index contributed by atoms with van der Waals surface area (Å²) in [6.45, 7) is -5.04. The van der Waals surface area contributed by atoms with Crippen LogP contribution in [0.25, 0.3) is 0 Å². The molecule has 30 atom stereocenters. The Kier molecular flexibility index (Phi) is 31.8. The van der Waals surface area contributed by atoms with Crippen LogP contribution in [-0.4, -0.2) is 397 Å². The molecule has 6 fully saturated rings. The van der Waals surface area contributed by atoms with E-state index in [0.717, 1.165) is 35.3 Å². The Labute approximate surface area is 512 Å². The van der Waals surface area contributed by atoms with E-state index in [0.29, 0.717) is 19.3 Å². The van der Waals surface area contributed by atoms with Crippen LogP contribution in [0.1, 0.15) is 19.3 Å². The third-order valence-corrected chi connectivity index (χ3v) is 19.3. The van der Waals surface area contributed by atoms with Crippen LogP contribution in [0.4, 0.5) is 0 Å². The number of ether oxygens (including phenoxy) is 12. The van der Waals surface area contributed by atoms with Crippen molar-refractivity contribution >= 4 is 35.3 Å². The molecular weight excluding hydrogens is 1240 g/mol. The average Bonchev–Trinajstić information content (AvgIpc) is 2.39. The number of aliphatic hydroxyl groups excluding tert-OH is 22. The number of rotatable bonds is 34. The molecule has 34 nitrogen and oxygen atoms in total. The molecule has 0 amide bonds. The fraction of sp³-hybridized carbons (Fsp3) is 1.00. The molecule has 0 aromatic carbocycles. The summed E-state index contributed by atoms with van der Waals surface area (Å²) in [4.78, 5) is 0. The standard InChI is InChI=1S/C50H90O34S3/c51-10-20-26(58)29(61)35(67)44(76-20)82-41-23(13-54)79-47(38(70)32(41)64)85-7-1-4-73-17-50(16-57,18-74-5-2-8-86-48-39(71)33(65)42(24(14-55)80-48)83-45-36(68)30(62)27(59)21(11-52)77-45)19-75-6-3-9-87-49-40(72)34(66)43(25(15-56)81-49)84-46-37(69)31(63)28(60)22(12-53)78-46/h20-49,51-72H,1-19H2/t20-,21-,22-,23-,24-,25-,26+,27+,28+,29+,30+,31+,32-,33-,34-,35-,36-,37-,38-,39-,40-,41-,42-,43-,44+,45+,46+,47+,48+,49+/m1/s1. The number of thioether (sulfide) groups is 3. The van der Waals surface area contributed by atoms with Gasteiger partial charge in [0.2, 0.25) is 0 Å². The van der Waals surface area contributed by atoms with E-state index in [1.54, 1.807) is 0 Å². The van der Waals surface area contributed by atoms with E-state index in [-0.39, 0.29) is 56.9 Å². The highest BCUT2D eigenvalue weighted by Crippen LogP contribution is 2.37. The highest BCUT2D eigenvalue weighted by molar-refractivity contribution is 8.00. The van der Waals surface area contributed by atoms with Gasteiger partial charge in [-0.05, 0) is 36.5 Å². The minimum absolute atomic E-state index is 0.0807. The van der Waals surface area contributed by atoms with Crippen LogP contribution < -0.4 is 0 Å². The van der Waals surface area contributed by atoms with E-state index >= 15 is 0 Å². The molecule has 0 radical (unpaired) electrons. The molecule has 0 spiro atoms. The fourth-order valence-corrected chi connectivity index (χ4v) is 13.6. The molecule has 0 saturated carbocycles. The summed E-state index contributed by atoms with van der Waals surface area (Å²) in [5.41, 5.74) is -4.48. The Bertz CT molecular complexity index is 1710. The molecule has 6 rings (SSSR count). The number of hydrogen-bond donors (Lipinski definition) is 22. The monoisotopic (exact) mass is 1330 g/mol. The molecular formula is C50H90O34S3. The molecule has 0 unspecified atom stereocenters. The van der Waals surface area contributed by atoms with Crippen LogP contribution in [0.2, 0.25) is 0 Å². The van der Waals surface area contributed by atoms with Crippen molar-refractivity contribution in [2.24, 2.45) is 5.41 Å². The predicted octanol–water partition coefficient (Wildman–Crippen LogP) is -11.7. The van der Waals surface area contributed by atoms with Gasteiger partial charge in [0, 0.05) is 19.8 Å². The second kappa shape index (κ2) is 36.5. The maximum Gasteiger partial charge on any atom is 0.187 e. The SMILES string of the molecule is OC[C@H]1O[C@@H](O[C@H]2[C@H](O)[C@@H](O)[C@H](SCCCOCC(CO)(COCCCS[C@@H]3O[C@H](CO)[C@@H](O[C@@H]4O[C@H](CO)[C@H](O)[C@H](O)[C@H]4O)[C@H](O)[C@H]3O)COCCCS[C@@H]3O[C@H](CO)[C@@H](O[C@@H]4O[C@H](CO)[C@H](O)[C@H](O)[C@H]4O)[C@H](O)[C@H]3O)O[C@@H]2CO)[C@H](O)[C@@H](O)[C@H]1O. The predicted molar refractivity (Wildman–Crippen MR) is 292 cm³/mol. The molecule has 0 aromatic rings. The maximum absolute atomic E-state index is 11.1. The molecule has 87 heavy (non-hydrogen) atoms. The van der Waals surface area contributed by atoms with E-state index < -0.39 is 233 Å². The van der Waals surface area contributed by atoms with Crippen LogP contribution in [0, 0.1) is 5.41 Å². The van der Waals surface area contributed by atoms with Gasteiger partial charge in [-0.1, -0.05) is 0 Å². The summed E-state index contributed by atoms with van der Waals surface area (Å²) in [5.74, 6) is 0.798. The maximum atomic E-state index is 11.1. The van der Waals surface area contributed by atoms with E-state index in [1.807, 2.05) is 0 Å². The highest BCUT2D eigenvalue weighted by atomic mass is 32.2. The summed E-state index contributed by atoms with van der Waals surface area (Å²) < 4.78 is 68.6. The normalized spacial score (nSPS) is 44.1. The lowest BCUT2D eigenvalue weighted by Crippen LogP contribution is -2.64. The Balaban J connectivity index is 0.985. The van der Waals surface area contributed by atoms with Gasteiger partial charge in [0.15, 0.2) is 18.9 Å². The zero-order chi connectivity index (χ0) is 63.9. The van der Waals surface area contributed by atoms with Gasteiger partial charge in [-0.15, -0.1) is 35.3 Å². The summed E-state index contributed by atoms with van der Waals surface area (Å²) in [7, 11) is 0. The van der Waals surface area contributed by atoms with E-state index in [9.17, 15) is 112 Å². The Morgan fingerprint density at radius 2 is 0.540 bits per heavy atom. The first-order valence-corrected chi connectivity index (χ1v) is 31.6. The van der Waals surface area contributed by atoms with Gasteiger partial charge in [-0.3, -0.25) is 0 Å². The Morgan fingerprint density at radius 3 is 0.770 bits per heavy atom. The van der Waals surface area contributed by atoms with Crippen LogP contribution >= 0.6 is 35.3 Å². The first-order valence-electron chi connectivity index (χ1n) is 28.5. The second-order valence-electron chi connectivity index (χ2n) is 22.0. The quantitative estimate of drug-likeness (QED) is 0.0266. The highest BCUT2D eigenvalue weighted by Gasteiger charge is 2.54. The van der Waals surface area contributed by atoms with Crippen molar-refractivity contribution in [2.45, 2.75) is 201 Å². The van der Waals surface area contributed by atoms with Gasteiger partial charge >= 0.3 is 0 Å². The van der Waals surface area contributed by atoms with Gasteiger partial charge in [0.05, 0.1) is 71.5 Å². The molecule has 6 aliphatic rings. The third-order valence-electron chi connectivity index (χ3n) is 15.6. The van der Waals surface area contributed by atoms with Gasteiger partial charge < -0.3 is 169 Å². The molecule has 0 aromatic heterocycles. The van der Waals surface area contributed by atoms with Crippen LogP contribution in [0.5, 0.6) is 0 Å². The topological polar surface area (TPSA) is 556 Å². The summed E-state index contributed by atoms with van der Waals surface area (Å²) in [6.07, 6.45) is -42.2. The summed E-state index contributed by atoms with van der Waals surface area (Å²) in [6, 6.07) is 0. The molecule has 6 heterocycles. The molecule has 37 heteroatoms. The van der Waals surface area contributed by atoms with E-state index in [2.05, 4.69) is 0 Å². The first-order chi connectivity index (χ1) is 41.5. The van der Waals surface area contributed by atoms with Gasteiger partial charge in [-0.25, -0.2) is 0 Å². The van der Waals surface area contributed by atoms with Gasteiger partial charge in [-0.2, -0.15) is 0 Å². The third kappa shape index (κ3) is 19.2. The lowest BCUT2D eigenvalue weighted by atomic mass is 9.92. The van der Waals surface area contributed by atoms with Crippen LogP contribution in [0.3, 0.4) is 0 Å². The largest absolute Gasteiger partial charge is 0.396 e. The molecule has 0 bridgehead atoms. The van der Waals surface area contributed by atoms with Crippen molar-refractivity contribution < 1.29 is 169 Å². The molecule has 0 aliphatic carbocycles. The van der Waals surface area contributed by atoms with Crippen molar-refractivity contribution in [1.82, 2.24) is 0 Å². The minimum atomic E-state index is -1.83. The van der Waals surface area contributed by atoms with Crippen molar-refractivity contribution in [1.29, 1.82) is 0 Å². The lowest BCUT2D eigenvalue weighted by Gasteiger charge is -2.46. The zero-order valence-electron chi connectivity index (χ0n) is 47.2. The molecule has 6 saturated heterocycles. The Hall–Kier alpha value is -0.310. The van der Waals surface area contributed by atoms with Crippen molar-refractivity contribution in [3.63, 3.8) is 0 Å². The molecule has 22 N–H and O–H groups in total. The van der Waals surface area contributed by atoms with Gasteiger partial charge in [0.25, 0.3) is 0 Å². The minimum Gasteiger partial charge on any atom is -0.396 e.